The number of urea groups is 1. The minimum Gasteiger partial charge on any atom is -0.352 e. The smallest absolute Gasteiger partial charge is 0.321 e. The van der Waals surface area contributed by atoms with Gasteiger partial charge in [0.15, 0.2) is 0 Å². The van der Waals surface area contributed by atoms with Crippen LogP contribution < -0.4 is 10.2 Å². The van der Waals surface area contributed by atoms with E-state index in [1.165, 1.54) is 59.2 Å². The first kappa shape index (κ1) is 24.8. The Morgan fingerprint density at radius 1 is 0.949 bits per heavy atom. The molecule has 2 aromatic carbocycles. The Balaban J connectivity index is 1.14. The highest BCUT2D eigenvalue weighted by molar-refractivity contribution is 7.19. The van der Waals surface area contributed by atoms with Crippen LogP contribution in [-0.2, 0) is 12.8 Å². The SMILES string of the molecule is CC1CCc2c(sc3nc(C4CCCCC4)nc(N4CCN(C(=O)Nc5cccc6ccccc56)CC4)c23)C1. The topological polar surface area (TPSA) is 61.4 Å². The third-order valence-corrected chi connectivity index (χ3v) is 10.2. The number of aromatic nitrogens is 2. The van der Waals surface area contributed by atoms with Crippen molar-refractivity contribution < 1.29 is 4.79 Å². The van der Waals surface area contributed by atoms with Gasteiger partial charge in [-0.15, -0.1) is 11.3 Å². The van der Waals surface area contributed by atoms with Crippen molar-refractivity contribution in [3.05, 3.63) is 58.7 Å². The van der Waals surface area contributed by atoms with Gasteiger partial charge >= 0.3 is 6.03 Å². The van der Waals surface area contributed by atoms with Gasteiger partial charge in [0.05, 0.1) is 11.1 Å². The number of thiophene rings is 1. The number of carbonyl (C=O) groups excluding carboxylic acids is 1. The molecule has 0 spiro atoms. The molecule has 0 bridgehead atoms. The summed E-state index contributed by atoms with van der Waals surface area (Å²) in [6, 6.07) is 14.2. The van der Waals surface area contributed by atoms with Gasteiger partial charge in [-0.25, -0.2) is 14.8 Å². The minimum absolute atomic E-state index is 0.0244. The lowest BCUT2D eigenvalue weighted by atomic mass is 9.88. The van der Waals surface area contributed by atoms with Gasteiger partial charge in [-0.2, -0.15) is 0 Å². The summed E-state index contributed by atoms with van der Waals surface area (Å²) < 4.78 is 0. The van der Waals surface area contributed by atoms with Gasteiger partial charge in [0, 0.05) is 42.4 Å². The van der Waals surface area contributed by atoms with Crippen molar-refractivity contribution in [1.82, 2.24) is 14.9 Å². The van der Waals surface area contributed by atoms with E-state index in [4.69, 9.17) is 9.97 Å². The lowest BCUT2D eigenvalue weighted by Crippen LogP contribution is -2.50. The number of carbonyl (C=O) groups is 1. The van der Waals surface area contributed by atoms with E-state index in [0.29, 0.717) is 19.0 Å². The molecule has 1 N–H and O–H groups in total. The second kappa shape index (κ2) is 10.4. The van der Waals surface area contributed by atoms with Gasteiger partial charge in [0.25, 0.3) is 0 Å². The largest absolute Gasteiger partial charge is 0.352 e. The molecule has 1 saturated heterocycles. The summed E-state index contributed by atoms with van der Waals surface area (Å²) in [6.45, 7) is 5.32. The maximum atomic E-state index is 13.3. The number of piperazine rings is 1. The van der Waals surface area contributed by atoms with Crippen molar-refractivity contribution in [3.63, 3.8) is 0 Å². The molecular formula is C32H37N5OS. The van der Waals surface area contributed by atoms with Gasteiger partial charge in [-0.1, -0.05) is 62.6 Å². The molecule has 7 heteroatoms. The van der Waals surface area contributed by atoms with E-state index in [0.717, 1.165) is 60.0 Å². The van der Waals surface area contributed by atoms with Crippen molar-refractivity contribution in [2.24, 2.45) is 5.92 Å². The Kier molecular flexibility index (Phi) is 6.63. The molecule has 2 aliphatic carbocycles. The van der Waals surface area contributed by atoms with E-state index in [1.54, 1.807) is 0 Å². The zero-order valence-corrected chi connectivity index (χ0v) is 23.6. The van der Waals surface area contributed by atoms with Crippen LogP contribution in [-0.4, -0.2) is 47.1 Å². The number of aryl methyl sites for hydroxylation is 1. The Hall–Kier alpha value is -3.19. The second-order valence-corrected chi connectivity index (χ2v) is 12.8. The predicted molar refractivity (Wildman–Crippen MR) is 161 cm³/mol. The fourth-order valence-corrected chi connectivity index (χ4v) is 8.15. The van der Waals surface area contributed by atoms with Crippen LogP contribution in [0.25, 0.3) is 21.0 Å². The molecule has 6 nitrogen and oxygen atoms in total. The third-order valence-electron chi connectivity index (χ3n) is 9.02. The van der Waals surface area contributed by atoms with Crippen LogP contribution in [0.4, 0.5) is 16.3 Å². The molecule has 4 aromatic rings. The summed E-state index contributed by atoms with van der Waals surface area (Å²) in [7, 11) is 0. The van der Waals surface area contributed by atoms with E-state index in [2.05, 4.69) is 35.3 Å². The van der Waals surface area contributed by atoms with Crippen LogP contribution in [0.1, 0.15) is 67.6 Å². The van der Waals surface area contributed by atoms with E-state index in [1.807, 2.05) is 40.5 Å². The molecule has 3 aliphatic rings. The summed E-state index contributed by atoms with van der Waals surface area (Å²) in [5.41, 5.74) is 2.36. The average molecular weight is 540 g/mol. The maximum Gasteiger partial charge on any atom is 0.321 e. The first-order chi connectivity index (χ1) is 19.1. The van der Waals surface area contributed by atoms with E-state index in [-0.39, 0.29) is 6.03 Å². The Bertz CT molecular complexity index is 1510. The number of nitrogens with zero attached hydrogens (tertiary/aromatic N) is 4. The van der Waals surface area contributed by atoms with Crippen LogP contribution in [0.2, 0.25) is 0 Å². The van der Waals surface area contributed by atoms with E-state index < -0.39 is 0 Å². The molecule has 7 rings (SSSR count). The fourth-order valence-electron chi connectivity index (χ4n) is 6.76. The Morgan fingerprint density at radius 3 is 2.59 bits per heavy atom. The lowest BCUT2D eigenvalue weighted by molar-refractivity contribution is 0.208. The number of hydrogen-bond acceptors (Lipinski definition) is 5. The van der Waals surface area contributed by atoms with E-state index >= 15 is 0 Å². The van der Waals surface area contributed by atoms with Crippen molar-refractivity contribution >= 4 is 49.9 Å². The fraction of sp³-hybridized carbons (Fsp3) is 0.469. The minimum atomic E-state index is -0.0244. The number of anilines is 2. The van der Waals surface area contributed by atoms with Crippen LogP contribution in [0.5, 0.6) is 0 Å². The first-order valence-electron chi connectivity index (χ1n) is 14.7. The normalized spacial score (nSPS) is 20.4. The molecule has 2 fully saturated rings. The van der Waals surface area contributed by atoms with Crippen molar-refractivity contribution in [2.45, 2.75) is 64.2 Å². The molecule has 1 unspecified atom stereocenters. The number of nitrogens with one attached hydrogen (secondary N) is 1. The summed E-state index contributed by atoms with van der Waals surface area (Å²) in [6.07, 6.45) is 9.84. The standard InChI is InChI=1S/C32H37N5OS/c1-21-14-15-25-27(20-21)39-31-28(25)30(34-29(35-31)23-9-3-2-4-10-23)36-16-18-37(19-17-36)32(38)33-26-13-7-11-22-8-5-6-12-24(22)26/h5-8,11-13,21,23H,2-4,9-10,14-20H2,1H3,(H,33,38). The van der Waals surface area contributed by atoms with E-state index in [9.17, 15) is 4.79 Å². The van der Waals surface area contributed by atoms with Gasteiger partial charge in [-0.3, -0.25) is 0 Å². The number of fused-ring (bicyclic) bond motifs is 4. The number of benzene rings is 2. The molecule has 2 amide bonds. The summed E-state index contributed by atoms with van der Waals surface area (Å²) in [5, 5.41) is 6.68. The van der Waals surface area contributed by atoms with Crippen molar-refractivity contribution in [1.29, 1.82) is 0 Å². The van der Waals surface area contributed by atoms with Crippen molar-refractivity contribution in [3.8, 4) is 0 Å². The summed E-state index contributed by atoms with van der Waals surface area (Å²) >= 11 is 1.92. The number of hydrogen-bond donors (Lipinski definition) is 1. The molecule has 3 heterocycles. The molecule has 0 radical (unpaired) electrons. The van der Waals surface area contributed by atoms with Gasteiger partial charge < -0.3 is 15.1 Å². The zero-order valence-electron chi connectivity index (χ0n) is 22.8. The summed E-state index contributed by atoms with van der Waals surface area (Å²) in [5.74, 6) is 3.40. The highest BCUT2D eigenvalue weighted by atomic mass is 32.1. The molecule has 202 valence electrons. The Labute approximate surface area is 234 Å². The quantitative estimate of drug-likeness (QED) is 0.295. The molecule has 2 aromatic heterocycles. The predicted octanol–water partition coefficient (Wildman–Crippen LogP) is 7.37. The highest BCUT2D eigenvalue weighted by Gasteiger charge is 2.30. The molecule has 1 saturated carbocycles. The molecular weight excluding hydrogens is 502 g/mol. The third kappa shape index (κ3) is 4.75. The van der Waals surface area contributed by atoms with Gasteiger partial charge in [0.2, 0.25) is 0 Å². The summed E-state index contributed by atoms with van der Waals surface area (Å²) in [4.78, 5) is 30.9. The van der Waals surface area contributed by atoms with Crippen molar-refractivity contribution in [2.75, 3.05) is 36.4 Å². The maximum absolute atomic E-state index is 13.3. The van der Waals surface area contributed by atoms with Gasteiger partial charge in [0.1, 0.15) is 16.5 Å². The lowest BCUT2D eigenvalue weighted by Gasteiger charge is -2.36. The average Bonchev–Trinajstić information content (AvgIpc) is 3.35. The van der Waals surface area contributed by atoms with Crippen LogP contribution in [0.3, 0.4) is 0 Å². The second-order valence-electron chi connectivity index (χ2n) is 11.7. The molecule has 1 atom stereocenters. The Morgan fingerprint density at radius 2 is 1.74 bits per heavy atom. The van der Waals surface area contributed by atoms with Crippen LogP contribution in [0.15, 0.2) is 42.5 Å². The number of rotatable bonds is 3. The monoisotopic (exact) mass is 539 g/mol. The molecule has 39 heavy (non-hydrogen) atoms. The van der Waals surface area contributed by atoms with Gasteiger partial charge in [-0.05, 0) is 55.0 Å². The first-order valence-corrected chi connectivity index (χ1v) is 15.6. The van der Waals surface area contributed by atoms with Crippen LogP contribution in [0, 0.1) is 5.92 Å². The van der Waals surface area contributed by atoms with Crippen LogP contribution >= 0.6 is 11.3 Å². The molecule has 1 aliphatic heterocycles. The number of amides is 2. The highest BCUT2D eigenvalue weighted by Crippen LogP contribution is 2.43. The zero-order chi connectivity index (χ0) is 26.3.